The van der Waals surface area contributed by atoms with Crippen molar-refractivity contribution in [3.8, 4) is 0 Å². The van der Waals surface area contributed by atoms with Crippen molar-refractivity contribution < 1.29 is 4.55 Å². The number of fused-ring (bicyclic) bond motifs is 1. The van der Waals surface area contributed by atoms with Gasteiger partial charge in [-0.1, -0.05) is 23.2 Å². The average molecular weight is 442 g/mol. The maximum Gasteiger partial charge on any atom is 0.229 e. The highest BCUT2D eigenvalue weighted by molar-refractivity contribution is 7.88. The maximum atomic E-state index is 11.6. The molecule has 0 saturated carbocycles. The first-order valence-corrected chi connectivity index (χ1v) is 11.3. The number of nitrogens with zero attached hydrogens (tertiary/aromatic N) is 6. The van der Waals surface area contributed by atoms with E-state index in [0.717, 1.165) is 43.5 Å². The van der Waals surface area contributed by atoms with Crippen LogP contribution >= 0.6 is 23.2 Å². The van der Waals surface area contributed by atoms with Gasteiger partial charge in [0, 0.05) is 43.4 Å². The molecule has 8 nitrogen and oxygen atoms in total. The summed E-state index contributed by atoms with van der Waals surface area (Å²) in [6.45, 7) is 4.36. The van der Waals surface area contributed by atoms with E-state index >= 15 is 0 Å². The first-order chi connectivity index (χ1) is 13.5. The van der Waals surface area contributed by atoms with Crippen molar-refractivity contribution in [1.82, 2.24) is 28.6 Å². The molecule has 0 aromatic carbocycles. The van der Waals surface area contributed by atoms with Crippen LogP contribution in [0.15, 0.2) is 18.6 Å². The number of nitrogens with one attached hydrogen (secondary N) is 1. The zero-order chi connectivity index (χ0) is 19.8. The van der Waals surface area contributed by atoms with Crippen LogP contribution in [0.5, 0.6) is 0 Å². The summed E-state index contributed by atoms with van der Waals surface area (Å²) in [7, 11) is 0. The van der Waals surface area contributed by atoms with Crippen molar-refractivity contribution in [1.29, 1.82) is 0 Å². The minimum absolute atomic E-state index is 0.229. The van der Waals surface area contributed by atoms with E-state index in [1.807, 2.05) is 32.9 Å². The zero-order valence-electron chi connectivity index (χ0n) is 15.6. The molecule has 150 valence electrons. The third-order valence-corrected chi connectivity index (χ3v) is 6.68. The highest BCUT2D eigenvalue weighted by Gasteiger charge is 2.26. The van der Waals surface area contributed by atoms with Crippen molar-refractivity contribution >= 4 is 57.2 Å². The summed E-state index contributed by atoms with van der Waals surface area (Å²) in [6.07, 6.45) is 8.91. The molecule has 0 bridgehead atoms. The number of anilines is 2. The van der Waals surface area contributed by atoms with Gasteiger partial charge in [-0.15, -0.1) is 4.31 Å². The van der Waals surface area contributed by atoms with Gasteiger partial charge in [0.25, 0.3) is 0 Å². The molecule has 1 fully saturated rings. The lowest BCUT2D eigenvalue weighted by Crippen LogP contribution is -2.38. The van der Waals surface area contributed by atoms with Crippen molar-refractivity contribution in [2.45, 2.75) is 32.4 Å². The molecule has 0 spiro atoms. The average Bonchev–Trinajstić information content (AvgIpc) is 3.21. The summed E-state index contributed by atoms with van der Waals surface area (Å²) in [5, 5.41) is 9.42. The second-order valence-electron chi connectivity index (χ2n) is 6.72. The van der Waals surface area contributed by atoms with Crippen molar-refractivity contribution in [2.24, 2.45) is 0 Å². The molecule has 0 radical (unpaired) electrons. The second-order valence-corrected chi connectivity index (χ2v) is 8.85. The second kappa shape index (κ2) is 8.08. The smallest absolute Gasteiger partial charge is 0.229 e. The van der Waals surface area contributed by atoms with Crippen LogP contribution in [0.2, 0.25) is 10.2 Å². The SMILES string of the molecule is CCn1cc(Cl)c2cnc(Nc3cn(C4CCN([S+](C)[O-])CC4)nc3Cl)nc21. The van der Waals surface area contributed by atoms with Crippen LogP contribution < -0.4 is 5.32 Å². The molecular formula is C17H21Cl2N7OS. The molecule has 11 heteroatoms. The van der Waals surface area contributed by atoms with E-state index in [1.54, 1.807) is 12.5 Å². The van der Waals surface area contributed by atoms with E-state index in [2.05, 4.69) is 20.4 Å². The fourth-order valence-electron chi connectivity index (χ4n) is 3.45. The van der Waals surface area contributed by atoms with E-state index in [1.165, 1.54) is 0 Å². The van der Waals surface area contributed by atoms with Crippen LogP contribution in [-0.2, 0) is 17.9 Å². The minimum atomic E-state index is -0.925. The zero-order valence-corrected chi connectivity index (χ0v) is 17.9. The molecule has 4 heterocycles. The van der Waals surface area contributed by atoms with Crippen LogP contribution in [0.1, 0.15) is 25.8 Å². The highest BCUT2D eigenvalue weighted by Crippen LogP contribution is 2.30. The van der Waals surface area contributed by atoms with E-state index in [0.29, 0.717) is 21.8 Å². The van der Waals surface area contributed by atoms with E-state index in [4.69, 9.17) is 23.2 Å². The van der Waals surface area contributed by atoms with Gasteiger partial charge in [-0.25, -0.2) is 4.98 Å². The van der Waals surface area contributed by atoms with E-state index in [-0.39, 0.29) is 6.04 Å². The van der Waals surface area contributed by atoms with Gasteiger partial charge in [0.15, 0.2) is 5.15 Å². The number of aryl methyl sites for hydroxylation is 1. The predicted molar refractivity (Wildman–Crippen MR) is 113 cm³/mol. The Bertz CT molecular complexity index is 981. The highest BCUT2D eigenvalue weighted by atomic mass is 35.5. The standard InChI is InChI=1S/C17H21Cl2N7OS/c1-3-24-9-13(18)12-8-20-17(22-16(12)24)21-14-10-26(23-15(14)19)11-4-6-25(7-5-11)28(2)27/h8-11H,3-7H2,1-2H3,(H,20,21,22). The molecule has 0 aliphatic carbocycles. The molecule has 1 aliphatic rings. The third kappa shape index (κ3) is 3.81. The summed E-state index contributed by atoms with van der Waals surface area (Å²) >= 11 is 11.6. The summed E-state index contributed by atoms with van der Waals surface area (Å²) in [5.41, 5.74) is 1.43. The fraction of sp³-hybridized carbons (Fsp3) is 0.471. The van der Waals surface area contributed by atoms with Gasteiger partial charge < -0.3 is 14.4 Å². The first-order valence-electron chi connectivity index (χ1n) is 9.07. The van der Waals surface area contributed by atoms with Crippen molar-refractivity contribution in [3.63, 3.8) is 0 Å². The third-order valence-electron chi connectivity index (χ3n) is 5.00. The number of hydrogen-bond acceptors (Lipinski definition) is 6. The topological polar surface area (TPSA) is 86.9 Å². The Balaban J connectivity index is 1.52. The number of rotatable bonds is 5. The summed E-state index contributed by atoms with van der Waals surface area (Å²) in [6, 6.07) is 0.229. The normalized spacial score (nSPS) is 17.3. The van der Waals surface area contributed by atoms with Gasteiger partial charge in [-0.3, -0.25) is 4.68 Å². The van der Waals surface area contributed by atoms with Gasteiger partial charge in [0.2, 0.25) is 5.95 Å². The van der Waals surface area contributed by atoms with Crippen LogP contribution in [0.3, 0.4) is 0 Å². The van der Waals surface area contributed by atoms with Crippen molar-refractivity contribution in [2.75, 3.05) is 24.7 Å². The lowest BCUT2D eigenvalue weighted by atomic mass is 10.1. The molecule has 3 aromatic rings. The number of aromatic nitrogens is 5. The molecule has 1 atom stereocenters. The summed E-state index contributed by atoms with van der Waals surface area (Å²) < 4.78 is 17.4. The van der Waals surface area contributed by atoms with Crippen LogP contribution in [0, 0.1) is 0 Å². The molecule has 0 amide bonds. The van der Waals surface area contributed by atoms with Crippen molar-refractivity contribution in [3.05, 3.63) is 28.8 Å². The van der Waals surface area contributed by atoms with Gasteiger partial charge in [0.05, 0.1) is 28.3 Å². The number of halogens is 2. The summed E-state index contributed by atoms with van der Waals surface area (Å²) in [4.78, 5) is 8.92. The Kier molecular flexibility index (Phi) is 5.71. The molecule has 28 heavy (non-hydrogen) atoms. The van der Waals surface area contributed by atoms with Gasteiger partial charge >= 0.3 is 0 Å². The Morgan fingerprint density at radius 2 is 2.04 bits per heavy atom. The van der Waals surface area contributed by atoms with Crippen LogP contribution in [-0.4, -0.2) is 52.5 Å². The minimum Gasteiger partial charge on any atom is -0.598 e. The molecule has 1 aliphatic heterocycles. The molecule has 1 N–H and O–H groups in total. The molecule has 3 aromatic heterocycles. The Labute approximate surface area is 176 Å². The number of hydrogen-bond donors (Lipinski definition) is 1. The quantitative estimate of drug-likeness (QED) is 0.608. The molecule has 1 unspecified atom stereocenters. The molecule has 4 rings (SSSR count). The van der Waals surface area contributed by atoms with Crippen LogP contribution in [0.4, 0.5) is 11.6 Å². The Morgan fingerprint density at radius 1 is 1.29 bits per heavy atom. The molecule has 1 saturated heterocycles. The Morgan fingerprint density at radius 3 is 2.71 bits per heavy atom. The van der Waals surface area contributed by atoms with Gasteiger partial charge in [0.1, 0.15) is 11.9 Å². The monoisotopic (exact) mass is 441 g/mol. The fourth-order valence-corrected chi connectivity index (χ4v) is 4.61. The molecular weight excluding hydrogens is 421 g/mol. The maximum absolute atomic E-state index is 11.6. The predicted octanol–water partition coefficient (Wildman–Crippen LogP) is 3.63. The van der Waals surface area contributed by atoms with Gasteiger partial charge in [-0.05, 0) is 19.8 Å². The van der Waals surface area contributed by atoms with Gasteiger partial charge in [-0.2, -0.15) is 10.1 Å². The van der Waals surface area contributed by atoms with E-state index in [9.17, 15) is 4.55 Å². The number of piperidine rings is 1. The Hall–Kier alpha value is -1.52. The lowest BCUT2D eigenvalue weighted by molar-refractivity contribution is 0.262. The first kappa shape index (κ1) is 19.8. The van der Waals surface area contributed by atoms with Crippen LogP contribution in [0.25, 0.3) is 11.0 Å². The van der Waals surface area contributed by atoms with E-state index < -0.39 is 11.4 Å². The summed E-state index contributed by atoms with van der Waals surface area (Å²) in [5.74, 6) is 0.439. The lowest BCUT2D eigenvalue weighted by Gasteiger charge is -2.30. The largest absolute Gasteiger partial charge is 0.598 e.